The SMILES string of the molecule is COc1ccc(-c2nc(NC(=O)c3cccc(S(=O)(=O)NC4CC4)c3)sc2C)cc1. The summed E-state index contributed by atoms with van der Waals surface area (Å²) < 4.78 is 32.6. The van der Waals surface area contributed by atoms with E-state index >= 15 is 0 Å². The number of hydrogen-bond acceptors (Lipinski definition) is 6. The Morgan fingerprint density at radius 2 is 1.90 bits per heavy atom. The zero-order chi connectivity index (χ0) is 21.3. The number of anilines is 1. The lowest BCUT2D eigenvalue weighted by molar-refractivity contribution is 0.102. The van der Waals surface area contributed by atoms with Crippen LogP contribution in [-0.2, 0) is 10.0 Å². The molecule has 0 atom stereocenters. The number of hydrogen-bond donors (Lipinski definition) is 2. The Hall–Kier alpha value is -2.75. The number of methoxy groups -OCH3 is 1. The maximum absolute atomic E-state index is 12.7. The molecule has 7 nitrogen and oxygen atoms in total. The van der Waals surface area contributed by atoms with Gasteiger partial charge >= 0.3 is 0 Å². The van der Waals surface area contributed by atoms with E-state index in [0.29, 0.717) is 5.13 Å². The minimum atomic E-state index is -3.62. The molecule has 9 heteroatoms. The van der Waals surface area contributed by atoms with Gasteiger partial charge in [-0.25, -0.2) is 18.1 Å². The summed E-state index contributed by atoms with van der Waals surface area (Å²) in [6.07, 6.45) is 1.69. The Morgan fingerprint density at radius 3 is 2.57 bits per heavy atom. The summed E-state index contributed by atoms with van der Waals surface area (Å²) >= 11 is 1.36. The number of nitrogens with zero attached hydrogens (tertiary/aromatic N) is 1. The lowest BCUT2D eigenvalue weighted by Gasteiger charge is -2.07. The van der Waals surface area contributed by atoms with Gasteiger partial charge in [-0.15, -0.1) is 11.3 Å². The van der Waals surface area contributed by atoms with Gasteiger partial charge in [0.05, 0.1) is 17.7 Å². The van der Waals surface area contributed by atoms with E-state index in [1.807, 2.05) is 31.2 Å². The van der Waals surface area contributed by atoms with Crippen LogP contribution >= 0.6 is 11.3 Å². The Kier molecular flexibility index (Phi) is 5.59. The summed E-state index contributed by atoms with van der Waals surface area (Å²) in [5.41, 5.74) is 1.96. The van der Waals surface area contributed by atoms with E-state index in [4.69, 9.17) is 4.74 Å². The number of ether oxygens (including phenoxy) is 1. The van der Waals surface area contributed by atoms with Gasteiger partial charge in [0.15, 0.2) is 5.13 Å². The van der Waals surface area contributed by atoms with Gasteiger partial charge in [0.2, 0.25) is 10.0 Å². The molecule has 30 heavy (non-hydrogen) atoms. The van der Waals surface area contributed by atoms with E-state index in [1.165, 1.54) is 23.5 Å². The number of nitrogens with one attached hydrogen (secondary N) is 2. The first-order chi connectivity index (χ1) is 14.4. The molecule has 1 saturated carbocycles. The zero-order valence-corrected chi connectivity index (χ0v) is 18.1. The van der Waals surface area contributed by atoms with E-state index in [0.717, 1.165) is 34.7 Å². The highest BCUT2D eigenvalue weighted by Crippen LogP contribution is 2.31. The molecule has 0 unspecified atom stereocenters. The fourth-order valence-electron chi connectivity index (χ4n) is 2.93. The van der Waals surface area contributed by atoms with Crippen LogP contribution in [0.1, 0.15) is 28.1 Å². The first-order valence-electron chi connectivity index (χ1n) is 9.41. The highest BCUT2D eigenvalue weighted by molar-refractivity contribution is 7.89. The maximum atomic E-state index is 12.7. The van der Waals surface area contributed by atoms with E-state index in [-0.39, 0.29) is 16.5 Å². The van der Waals surface area contributed by atoms with Gasteiger partial charge in [0.25, 0.3) is 5.91 Å². The van der Waals surface area contributed by atoms with E-state index in [1.54, 1.807) is 19.2 Å². The van der Waals surface area contributed by atoms with Crippen molar-refractivity contribution in [3.63, 3.8) is 0 Å². The fraction of sp³-hybridized carbons (Fsp3) is 0.238. The van der Waals surface area contributed by atoms with Gasteiger partial charge in [-0.05, 0) is 62.2 Å². The van der Waals surface area contributed by atoms with Crippen LogP contribution in [0.4, 0.5) is 5.13 Å². The monoisotopic (exact) mass is 443 g/mol. The Balaban J connectivity index is 1.52. The summed E-state index contributed by atoms with van der Waals surface area (Å²) in [7, 11) is -2.01. The molecule has 1 aromatic heterocycles. The van der Waals surface area contributed by atoms with Crippen LogP contribution < -0.4 is 14.8 Å². The third-order valence-electron chi connectivity index (χ3n) is 4.69. The fourth-order valence-corrected chi connectivity index (χ4v) is 5.11. The number of benzene rings is 2. The molecule has 3 aromatic rings. The van der Waals surface area contributed by atoms with E-state index < -0.39 is 15.9 Å². The van der Waals surface area contributed by atoms with Crippen LogP contribution in [-0.4, -0.2) is 32.5 Å². The van der Waals surface area contributed by atoms with Crippen molar-refractivity contribution in [3.05, 3.63) is 59.0 Å². The van der Waals surface area contributed by atoms with Crippen molar-refractivity contribution < 1.29 is 17.9 Å². The average molecular weight is 444 g/mol. The summed E-state index contributed by atoms with van der Waals surface area (Å²) in [4.78, 5) is 18.3. The molecule has 156 valence electrons. The molecule has 2 aromatic carbocycles. The van der Waals surface area contributed by atoms with Crippen LogP contribution in [0.2, 0.25) is 0 Å². The third kappa shape index (κ3) is 4.53. The number of sulfonamides is 1. The molecule has 2 N–H and O–H groups in total. The average Bonchev–Trinajstić information content (AvgIpc) is 3.47. The topological polar surface area (TPSA) is 97.4 Å². The largest absolute Gasteiger partial charge is 0.497 e. The Bertz CT molecular complexity index is 1180. The van der Waals surface area contributed by atoms with Crippen LogP contribution in [0, 0.1) is 6.92 Å². The molecule has 1 aliphatic rings. The van der Waals surface area contributed by atoms with Crippen LogP contribution in [0.25, 0.3) is 11.3 Å². The normalized spacial score (nSPS) is 13.8. The predicted octanol–water partition coefficient (Wildman–Crippen LogP) is 3.82. The number of aromatic nitrogens is 1. The molecular formula is C21H21N3O4S2. The van der Waals surface area contributed by atoms with Crippen LogP contribution in [0.3, 0.4) is 0 Å². The van der Waals surface area contributed by atoms with Crippen molar-refractivity contribution in [3.8, 4) is 17.0 Å². The van der Waals surface area contributed by atoms with E-state index in [2.05, 4.69) is 15.0 Å². The van der Waals surface area contributed by atoms with Crippen LogP contribution in [0.15, 0.2) is 53.4 Å². The smallest absolute Gasteiger partial charge is 0.257 e. The quantitative estimate of drug-likeness (QED) is 0.579. The number of carbonyl (C=O) groups excluding carboxylic acids is 1. The molecule has 1 aliphatic carbocycles. The predicted molar refractivity (Wildman–Crippen MR) is 117 cm³/mol. The number of amides is 1. The number of aryl methyl sites for hydroxylation is 1. The molecule has 1 fully saturated rings. The second-order valence-corrected chi connectivity index (χ2v) is 9.95. The molecule has 4 rings (SSSR count). The number of carbonyl (C=O) groups is 1. The van der Waals surface area contributed by atoms with E-state index in [9.17, 15) is 13.2 Å². The van der Waals surface area contributed by atoms with Gasteiger partial charge in [0.1, 0.15) is 5.75 Å². The summed E-state index contributed by atoms with van der Waals surface area (Å²) in [6.45, 7) is 1.93. The van der Waals surface area contributed by atoms with Gasteiger partial charge in [0, 0.05) is 22.0 Å². The summed E-state index contributed by atoms with van der Waals surface area (Å²) in [6, 6.07) is 13.5. The Morgan fingerprint density at radius 1 is 1.17 bits per heavy atom. The highest BCUT2D eigenvalue weighted by Gasteiger charge is 2.28. The van der Waals surface area contributed by atoms with Crippen LogP contribution in [0.5, 0.6) is 5.75 Å². The molecule has 0 bridgehead atoms. The Labute approximate surface area is 179 Å². The first kappa shape index (κ1) is 20.5. The molecule has 0 spiro atoms. The maximum Gasteiger partial charge on any atom is 0.257 e. The van der Waals surface area contributed by atoms with Gasteiger partial charge in [-0.2, -0.15) is 0 Å². The van der Waals surface area contributed by atoms with Crippen molar-refractivity contribution in [1.29, 1.82) is 0 Å². The summed E-state index contributed by atoms with van der Waals surface area (Å²) in [5.74, 6) is 0.347. The lowest BCUT2D eigenvalue weighted by atomic mass is 10.1. The second kappa shape index (κ2) is 8.17. The van der Waals surface area contributed by atoms with Crippen molar-refractivity contribution in [2.24, 2.45) is 0 Å². The lowest BCUT2D eigenvalue weighted by Crippen LogP contribution is -2.26. The van der Waals surface area contributed by atoms with Crippen molar-refractivity contribution >= 4 is 32.4 Å². The van der Waals surface area contributed by atoms with Crippen molar-refractivity contribution in [1.82, 2.24) is 9.71 Å². The van der Waals surface area contributed by atoms with Crippen molar-refractivity contribution in [2.75, 3.05) is 12.4 Å². The number of rotatable bonds is 7. The third-order valence-corrected chi connectivity index (χ3v) is 7.09. The van der Waals surface area contributed by atoms with Gasteiger partial charge in [-0.3, -0.25) is 10.1 Å². The van der Waals surface area contributed by atoms with Gasteiger partial charge in [-0.1, -0.05) is 6.07 Å². The minimum Gasteiger partial charge on any atom is -0.497 e. The molecule has 0 radical (unpaired) electrons. The molecule has 0 saturated heterocycles. The first-order valence-corrected chi connectivity index (χ1v) is 11.7. The standard InChI is InChI=1S/C21H21N3O4S2/c1-13-19(14-6-10-17(28-2)11-7-14)22-21(29-13)23-20(25)15-4-3-5-18(12-15)30(26,27)24-16-8-9-16/h3-7,10-12,16,24H,8-9H2,1-2H3,(H,22,23,25). The number of thiazole rings is 1. The summed E-state index contributed by atoms with van der Waals surface area (Å²) in [5, 5.41) is 3.22. The van der Waals surface area contributed by atoms with Gasteiger partial charge < -0.3 is 4.74 Å². The second-order valence-electron chi connectivity index (χ2n) is 7.03. The zero-order valence-electron chi connectivity index (χ0n) is 16.5. The minimum absolute atomic E-state index is 0.00199. The molecule has 0 aliphatic heterocycles. The molecule has 1 heterocycles. The molecular weight excluding hydrogens is 422 g/mol. The van der Waals surface area contributed by atoms with Crippen molar-refractivity contribution in [2.45, 2.75) is 30.7 Å². The molecule has 1 amide bonds. The highest BCUT2D eigenvalue weighted by atomic mass is 32.2.